The monoisotopic (exact) mass is 266 g/mol. The van der Waals surface area contributed by atoms with Crippen LogP contribution in [0, 0.1) is 17.0 Å². The summed E-state index contributed by atoms with van der Waals surface area (Å²) in [5, 5.41) is 8.67. The Balaban J connectivity index is 0.00000180. The Bertz CT molecular complexity index is 549. The van der Waals surface area contributed by atoms with Crippen molar-refractivity contribution in [3.05, 3.63) is 35.7 Å². The van der Waals surface area contributed by atoms with E-state index in [1.54, 1.807) is 0 Å². The van der Waals surface area contributed by atoms with Gasteiger partial charge in [-0.1, -0.05) is 13.5 Å². The maximum atomic E-state index is 13.9. The van der Waals surface area contributed by atoms with Crippen molar-refractivity contribution in [3.63, 3.8) is 0 Å². The third-order valence-electron chi connectivity index (χ3n) is 2.97. The molecule has 0 bridgehead atoms. The van der Waals surface area contributed by atoms with E-state index < -0.39 is 24.8 Å². The van der Waals surface area contributed by atoms with Crippen LogP contribution in [0.1, 0.15) is 13.0 Å². The summed E-state index contributed by atoms with van der Waals surface area (Å²) in [4.78, 5) is 0. The zero-order valence-electron chi connectivity index (χ0n) is 9.46. The Morgan fingerprint density at radius 2 is 2.05 bits per heavy atom. The highest BCUT2D eigenvalue weighted by Gasteiger charge is 2.42. The zero-order valence-corrected chi connectivity index (χ0v) is 9.46. The van der Waals surface area contributed by atoms with Gasteiger partial charge in [-0.05, 0) is 24.5 Å². The van der Waals surface area contributed by atoms with Crippen LogP contribution in [0.15, 0.2) is 24.3 Å². The quantitative estimate of drug-likeness (QED) is 0.623. The van der Waals surface area contributed by atoms with Crippen LogP contribution in [-0.4, -0.2) is 12.6 Å². The van der Waals surface area contributed by atoms with Gasteiger partial charge in [-0.3, -0.25) is 0 Å². The smallest absolute Gasteiger partial charge is 0.277 e. The number of nitrogens with zero attached hydrogens (tertiary/aromatic N) is 1. The van der Waals surface area contributed by atoms with Gasteiger partial charge in [0.05, 0.1) is 0 Å². The van der Waals surface area contributed by atoms with Crippen molar-refractivity contribution >= 4 is 18.0 Å². The fourth-order valence-corrected chi connectivity index (χ4v) is 2.07. The van der Waals surface area contributed by atoms with Gasteiger partial charge in [0.25, 0.3) is 12.6 Å². The second-order valence-corrected chi connectivity index (χ2v) is 4.33. The van der Waals surface area contributed by atoms with E-state index in [1.165, 1.54) is 18.2 Å². The maximum absolute atomic E-state index is 13.9. The van der Waals surface area contributed by atoms with Gasteiger partial charge in [-0.25, -0.2) is 18.4 Å². The summed E-state index contributed by atoms with van der Waals surface area (Å²) in [6.45, 7) is -0.722. The summed E-state index contributed by atoms with van der Waals surface area (Å²) in [5.41, 5.74) is 5.06. The number of hydrogen-bond acceptors (Lipinski definition) is 2. The largest absolute Gasteiger partial charge is 0.399 e. The molecule has 19 heavy (non-hydrogen) atoms. The lowest BCUT2D eigenvalue weighted by molar-refractivity contribution is 0.0869. The minimum absolute atomic E-state index is 0. The van der Waals surface area contributed by atoms with Crippen LogP contribution in [0.25, 0.3) is 5.57 Å². The fraction of sp³-hybridized carbons (Fsp3) is 0.308. The first kappa shape index (κ1) is 15.2. The molecule has 0 atom stereocenters. The Labute approximate surface area is 110 Å². The van der Waals surface area contributed by atoms with Crippen molar-refractivity contribution in [2.24, 2.45) is 0 Å². The normalized spacial score (nSPS) is 17.2. The van der Waals surface area contributed by atoms with Crippen molar-refractivity contribution in [2.75, 3.05) is 5.73 Å². The molecule has 0 aromatic heterocycles. The first-order valence-corrected chi connectivity index (χ1v) is 5.47. The Morgan fingerprint density at radius 1 is 1.37 bits per heavy atom. The van der Waals surface area contributed by atoms with Crippen molar-refractivity contribution in [1.29, 1.82) is 5.26 Å². The van der Waals surface area contributed by atoms with E-state index >= 15 is 0 Å². The standard InChI is InChI=1S/C12H10BF3N2.CH4/c14-11-5-8(18)1-2-9(11)10-3-4-13(7-17)6-12(10,15)16;/h1-3,5H,4,6,18H2;1H4. The van der Waals surface area contributed by atoms with Gasteiger partial charge in [0, 0.05) is 29.1 Å². The second kappa shape index (κ2) is 5.39. The van der Waals surface area contributed by atoms with Crippen molar-refractivity contribution < 1.29 is 13.2 Å². The van der Waals surface area contributed by atoms with Gasteiger partial charge < -0.3 is 5.73 Å². The first-order valence-electron chi connectivity index (χ1n) is 5.47. The van der Waals surface area contributed by atoms with Gasteiger partial charge in [-0.15, -0.1) is 0 Å². The molecule has 0 fully saturated rings. The zero-order chi connectivity index (χ0) is 13.3. The van der Waals surface area contributed by atoms with Crippen LogP contribution in [0.5, 0.6) is 0 Å². The van der Waals surface area contributed by atoms with Gasteiger partial charge in [-0.2, -0.15) is 0 Å². The molecule has 0 saturated heterocycles. The lowest BCUT2D eigenvalue weighted by atomic mass is 9.42. The van der Waals surface area contributed by atoms with E-state index in [1.807, 2.05) is 5.97 Å². The highest BCUT2D eigenvalue weighted by Crippen LogP contribution is 2.42. The predicted octanol–water partition coefficient (Wildman–Crippen LogP) is 3.63. The molecule has 0 amide bonds. The number of nitrogens with two attached hydrogens (primary N) is 1. The van der Waals surface area contributed by atoms with E-state index in [9.17, 15) is 13.2 Å². The number of benzene rings is 1. The number of nitrogen functional groups attached to an aromatic ring is 1. The summed E-state index contributed by atoms with van der Waals surface area (Å²) in [5.74, 6) is -2.14. The first-order chi connectivity index (χ1) is 8.44. The summed E-state index contributed by atoms with van der Waals surface area (Å²) < 4.78 is 41.3. The molecular formula is C13H14BF3N2. The molecule has 2 nitrogen and oxygen atoms in total. The lowest BCUT2D eigenvalue weighted by Crippen LogP contribution is -2.30. The maximum Gasteiger partial charge on any atom is 0.277 e. The van der Waals surface area contributed by atoms with Gasteiger partial charge in [0.1, 0.15) is 5.82 Å². The lowest BCUT2D eigenvalue weighted by Gasteiger charge is -2.25. The minimum atomic E-state index is -3.18. The molecule has 1 aliphatic heterocycles. The van der Waals surface area contributed by atoms with Crippen molar-refractivity contribution in [3.8, 4) is 5.97 Å². The SMILES string of the molecule is C.N#CB1CC=C(c2ccc(N)cc2F)C(F)(F)C1. The number of halogens is 3. The summed E-state index contributed by atoms with van der Waals surface area (Å²) in [7, 11) is 0. The summed E-state index contributed by atoms with van der Waals surface area (Å²) in [6.07, 6.45) is 0.885. The molecule has 0 spiro atoms. The summed E-state index contributed by atoms with van der Waals surface area (Å²) >= 11 is 0. The number of hydrogen-bond donors (Lipinski definition) is 1. The van der Waals surface area contributed by atoms with E-state index in [-0.39, 0.29) is 30.6 Å². The number of allylic oxidation sites excluding steroid dienone is 2. The fourth-order valence-electron chi connectivity index (χ4n) is 2.07. The number of alkyl halides is 2. The Morgan fingerprint density at radius 3 is 2.58 bits per heavy atom. The molecular weight excluding hydrogens is 252 g/mol. The number of rotatable bonds is 1. The molecule has 1 heterocycles. The van der Waals surface area contributed by atoms with Crippen LogP contribution in [0.3, 0.4) is 0 Å². The minimum Gasteiger partial charge on any atom is -0.399 e. The second-order valence-electron chi connectivity index (χ2n) is 4.33. The third-order valence-corrected chi connectivity index (χ3v) is 2.97. The average molecular weight is 266 g/mol. The molecule has 1 aromatic carbocycles. The van der Waals surface area contributed by atoms with Gasteiger partial charge >= 0.3 is 0 Å². The van der Waals surface area contributed by atoms with E-state index in [0.29, 0.717) is 0 Å². The molecule has 2 rings (SSSR count). The number of nitriles is 1. The molecule has 0 radical (unpaired) electrons. The molecule has 2 N–H and O–H groups in total. The molecule has 6 heteroatoms. The predicted molar refractivity (Wildman–Crippen MR) is 71.4 cm³/mol. The molecule has 1 aromatic rings. The molecule has 0 saturated carbocycles. The van der Waals surface area contributed by atoms with Crippen LogP contribution >= 0.6 is 0 Å². The van der Waals surface area contributed by atoms with Gasteiger partial charge in [0.15, 0.2) is 0 Å². The topological polar surface area (TPSA) is 49.8 Å². The molecule has 1 aliphatic rings. The van der Waals surface area contributed by atoms with Crippen LogP contribution in [-0.2, 0) is 0 Å². The highest BCUT2D eigenvalue weighted by atomic mass is 19.3. The van der Waals surface area contributed by atoms with E-state index in [0.717, 1.165) is 6.07 Å². The van der Waals surface area contributed by atoms with Gasteiger partial charge in [0.2, 0.25) is 0 Å². The number of anilines is 1. The highest BCUT2D eigenvalue weighted by molar-refractivity contribution is 6.68. The van der Waals surface area contributed by atoms with Crippen molar-refractivity contribution in [2.45, 2.75) is 26.0 Å². The average Bonchev–Trinajstić information content (AvgIpc) is 2.29. The van der Waals surface area contributed by atoms with Crippen LogP contribution in [0.2, 0.25) is 12.6 Å². The van der Waals surface area contributed by atoms with Crippen LogP contribution in [0.4, 0.5) is 18.9 Å². The Hall–Kier alpha value is -1.90. The molecule has 100 valence electrons. The molecule has 0 aliphatic carbocycles. The van der Waals surface area contributed by atoms with E-state index in [2.05, 4.69) is 0 Å². The van der Waals surface area contributed by atoms with Crippen LogP contribution < -0.4 is 5.73 Å². The summed E-state index contributed by atoms with van der Waals surface area (Å²) in [6, 6.07) is 3.64. The van der Waals surface area contributed by atoms with Crippen molar-refractivity contribution in [1.82, 2.24) is 0 Å². The molecule has 0 unspecified atom stereocenters. The third kappa shape index (κ3) is 2.92. The van der Waals surface area contributed by atoms with E-state index in [4.69, 9.17) is 11.0 Å². The Kier molecular flexibility index (Phi) is 4.30.